The third-order valence-corrected chi connectivity index (χ3v) is 4.58. The SMILES string of the molecule is Cc1cc(OC2CCN(C(=O)C3CCCCC3)C2)cc(=O)o1. The van der Waals surface area contributed by atoms with Gasteiger partial charge in [-0.15, -0.1) is 0 Å². The van der Waals surface area contributed by atoms with Gasteiger partial charge in [0.15, 0.2) is 0 Å². The van der Waals surface area contributed by atoms with Gasteiger partial charge in [0.25, 0.3) is 0 Å². The van der Waals surface area contributed by atoms with Crippen molar-refractivity contribution in [2.45, 2.75) is 51.6 Å². The van der Waals surface area contributed by atoms with Gasteiger partial charge in [0.2, 0.25) is 5.91 Å². The van der Waals surface area contributed by atoms with Crippen LogP contribution >= 0.6 is 0 Å². The predicted molar refractivity (Wildman–Crippen MR) is 81.9 cm³/mol. The fourth-order valence-electron chi connectivity index (χ4n) is 3.47. The maximum Gasteiger partial charge on any atom is 0.339 e. The molecule has 120 valence electrons. The van der Waals surface area contributed by atoms with E-state index >= 15 is 0 Å². The van der Waals surface area contributed by atoms with Crippen LogP contribution in [-0.4, -0.2) is 30.0 Å². The fourth-order valence-corrected chi connectivity index (χ4v) is 3.47. The highest BCUT2D eigenvalue weighted by Crippen LogP contribution is 2.27. The number of likely N-dealkylation sites (tertiary alicyclic amines) is 1. The highest BCUT2D eigenvalue weighted by molar-refractivity contribution is 5.79. The van der Waals surface area contributed by atoms with E-state index in [1.165, 1.54) is 25.3 Å². The van der Waals surface area contributed by atoms with Crippen LogP contribution in [0.4, 0.5) is 0 Å². The summed E-state index contributed by atoms with van der Waals surface area (Å²) in [5.41, 5.74) is -0.400. The molecule has 22 heavy (non-hydrogen) atoms. The predicted octanol–water partition coefficient (Wildman–Crippen LogP) is 2.51. The van der Waals surface area contributed by atoms with Crippen LogP contribution in [0, 0.1) is 12.8 Å². The van der Waals surface area contributed by atoms with Gasteiger partial charge in [-0.1, -0.05) is 19.3 Å². The van der Waals surface area contributed by atoms with Crippen LogP contribution in [0.5, 0.6) is 5.75 Å². The Morgan fingerprint density at radius 1 is 1.23 bits per heavy atom. The van der Waals surface area contributed by atoms with Gasteiger partial charge >= 0.3 is 5.63 Å². The van der Waals surface area contributed by atoms with E-state index in [0.717, 1.165) is 25.8 Å². The number of ether oxygens (including phenoxy) is 1. The first-order valence-electron chi connectivity index (χ1n) is 8.19. The second-order valence-electron chi connectivity index (χ2n) is 6.37. The van der Waals surface area contributed by atoms with Crippen molar-refractivity contribution in [3.05, 3.63) is 28.3 Å². The van der Waals surface area contributed by atoms with E-state index in [2.05, 4.69) is 0 Å². The van der Waals surface area contributed by atoms with Gasteiger partial charge in [-0.3, -0.25) is 4.79 Å². The Bertz CT molecular complexity index is 589. The van der Waals surface area contributed by atoms with E-state index in [0.29, 0.717) is 18.1 Å². The van der Waals surface area contributed by atoms with Crippen molar-refractivity contribution in [3.8, 4) is 5.75 Å². The second-order valence-corrected chi connectivity index (χ2v) is 6.37. The first-order valence-corrected chi connectivity index (χ1v) is 8.19. The zero-order chi connectivity index (χ0) is 15.5. The molecular weight excluding hydrogens is 282 g/mol. The minimum Gasteiger partial charge on any atom is -0.488 e. The Kier molecular flexibility index (Phi) is 4.50. The number of hydrogen-bond donors (Lipinski definition) is 0. The van der Waals surface area contributed by atoms with Crippen molar-refractivity contribution in [1.82, 2.24) is 4.90 Å². The van der Waals surface area contributed by atoms with Gasteiger partial charge in [0, 0.05) is 24.9 Å². The normalized spacial score (nSPS) is 22.8. The molecule has 2 heterocycles. The highest BCUT2D eigenvalue weighted by Gasteiger charge is 2.32. The molecule has 0 aromatic carbocycles. The number of hydrogen-bond acceptors (Lipinski definition) is 4. The molecule has 1 atom stereocenters. The lowest BCUT2D eigenvalue weighted by Gasteiger charge is -2.26. The molecule has 1 amide bonds. The van der Waals surface area contributed by atoms with E-state index in [1.54, 1.807) is 13.0 Å². The average Bonchev–Trinajstić information content (AvgIpc) is 2.95. The largest absolute Gasteiger partial charge is 0.488 e. The Balaban J connectivity index is 1.57. The van der Waals surface area contributed by atoms with Crippen molar-refractivity contribution >= 4 is 5.91 Å². The fraction of sp³-hybridized carbons (Fsp3) is 0.647. The summed E-state index contributed by atoms with van der Waals surface area (Å²) in [7, 11) is 0. The van der Waals surface area contributed by atoms with E-state index in [9.17, 15) is 9.59 Å². The Labute approximate surface area is 130 Å². The third-order valence-electron chi connectivity index (χ3n) is 4.58. The molecule has 2 fully saturated rings. The summed E-state index contributed by atoms with van der Waals surface area (Å²) in [5.74, 6) is 1.56. The van der Waals surface area contributed by atoms with Crippen LogP contribution in [0.3, 0.4) is 0 Å². The number of carbonyl (C=O) groups excluding carboxylic acids is 1. The Morgan fingerprint density at radius 3 is 2.73 bits per heavy atom. The minimum atomic E-state index is -0.400. The molecule has 0 radical (unpaired) electrons. The van der Waals surface area contributed by atoms with Crippen LogP contribution in [0.2, 0.25) is 0 Å². The molecule has 2 aliphatic rings. The first-order chi connectivity index (χ1) is 10.6. The second kappa shape index (κ2) is 6.55. The summed E-state index contributed by atoms with van der Waals surface area (Å²) >= 11 is 0. The van der Waals surface area contributed by atoms with Crippen molar-refractivity contribution in [2.75, 3.05) is 13.1 Å². The number of rotatable bonds is 3. The van der Waals surface area contributed by atoms with E-state index in [4.69, 9.17) is 9.15 Å². The summed E-state index contributed by atoms with van der Waals surface area (Å²) in [6.45, 7) is 3.09. The summed E-state index contributed by atoms with van der Waals surface area (Å²) in [4.78, 5) is 25.8. The van der Waals surface area contributed by atoms with Crippen LogP contribution in [0.15, 0.2) is 21.3 Å². The number of aryl methyl sites for hydroxylation is 1. The smallest absolute Gasteiger partial charge is 0.339 e. The molecule has 3 rings (SSSR count). The molecule has 0 bridgehead atoms. The maximum atomic E-state index is 12.5. The van der Waals surface area contributed by atoms with Gasteiger partial charge in [-0.25, -0.2) is 4.79 Å². The monoisotopic (exact) mass is 305 g/mol. The van der Waals surface area contributed by atoms with Crippen molar-refractivity contribution < 1.29 is 13.9 Å². The van der Waals surface area contributed by atoms with Gasteiger partial charge < -0.3 is 14.1 Å². The van der Waals surface area contributed by atoms with E-state index in [-0.39, 0.29) is 17.9 Å². The first kappa shape index (κ1) is 15.1. The summed E-state index contributed by atoms with van der Waals surface area (Å²) < 4.78 is 10.8. The lowest BCUT2D eigenvalue weighted by Crippen LogP contribution is -2.36. The summed E-state index contributed by atoms with van der Waals surface area (Å²) in [6, 6.07) is 3.08. The van der Waals surface area contributed by atoms with Crippen LogP contribution in [0.1, 0.15) is 44.3 Å². The lowest BCUT2D eigenvalue weighted by atomic mass is 9.88. The average molecular weight is 305 g/mol. The molecule has 1 unspecified atom stereocenters. The quantitative estimate of drug-likeness (QED) is 0.861. The van der Waals surface area contributed by atoms with E-state index in [1.807, 2.05) is 4.90 Å². The molecule has 1 saturated heterocycles. The Hall–Kier alpha value is -1.78. The van der Waals surface area contributed by atoms with Crippen LogP contribution < -0.4 is 10.4 Å². The molecule has 1 saturated carbocycles. The van der Waals surface area contributed by atoms with Gasteiger partial charge in [0.05, 0.1) is 12.6 Å². The molecule has 0 spiro atoms. The van der Waals surface area contributed by atoms with Gasteiger partial charge in [0.1, 0.15) is 17.6 Å². The van der Waals surface area contributed by atoms with E-state index < -0.39 is 5.63 Å². The number of carbonyl (C=O) groups is 1. The van der Waals surface area contributed by atoms with Gasteiger partial charge in [-0.2, -0.15) is 0 Å². The minimum absolute atomic E-state index is 0.0336. The van der Waals surface area contributed by atoms with Crippen molar-refractivity contribution in [2.24, 2.45) is 5.92 Å². The zero-order valence-electron chi connectivity index (χ0n) is 13.0. The van der Waals surface area contributed by atoms with Gasteiger partial charge in [-0.05, 0) is 19.8 Å². The van der Waals surface area contributed by atoms with Crippen molar-refractivity contribution in [3.63, 3.8) is 0 Å². The van der Waals surface area contributed by atoms with Crippen LogP contribution in [-0.2, 0) is 4.79 Å². The molecule has 1 aliphatic heterocycles. The molecule has 1 aromatic heterocycles. The molecular formula is C17H23NO4. The topological polar surface area (TPSA) is 59.8 Å². The zero-order valence-corrected chi connectivity index (χ0v) is 13.0. The summed E-state index contributed by atoms with van der Waals surface area (Å²) in [5, 5.41) is 0. The van der Waals surface area contributed by atoms with Crippen molar-refractivity contribution in [1.29, 1.82) is 0 Å². The molecule has 1 aliphatic carbocycles. The number of nitrogens with zero attached hydrogens (tertiary/aromatic N) is 1. The highest BCUT2D eigenvalue weighted by atomic mass is 16.5. The molecule has 5 heteroatoms. The number of amides is 1. The molecule has 0 N–H and O–H groups in total. The third kappa shape index (κ3) is 3.51. The standard InChI is InChI=1S/C17H23NO4/c1-12-9-15(10-16(19)21-12)22-14-7-8-18(11-14)17(20)13-5-3-2-4-6-13/h9-10,13-14H,2-8,11H2,1H3. The molecule has 5 nitrogen and oxygen atoms in total. The van der Waals surface area contributed by atoms with Crippen LogP contribution in [0.25, 0.3) is 0 Å². The maximum absolute atomic E-state index is 12.5. The Morgan fingerprint density at radius 2 is 2.00 bits per heavy atom. The summed E-state index contributed by atoms with van der Waals surface area (Å²) in [6.07, 6.45) is 6.43. The molecule has 1 aromatic rings. The lowest BCUT2D eigenvalue weighted by molar-refractivity contribution is -0.135.